The SMILES string of the molecule is Clc1ccc2ccc(C=Cc3cccnc3)nc2c1. The zero-order valence-corrected chi connectivity index (χ0v) is 10.9. The second kappa shape index (κ2) is 5.21. The molecule has 2 heterocycles. The molecule has 0 N–H and O–H groups in total. The van der Waals surface area contributed by atoms with E-state index in [9.17, 15) is 0 Å². The second-order valence-electron chi connectivity index (χ2n) is 4.19. The van der Waals surface area contributed by atoms with Crippen LogP contribution >= 0.6 is 11.6 Å². The van der Waals surface area contributed by atoms with E-state index in [1.54, 1.807) is 6.20 Å². The summed E-state index contributed by atoms with van der Waals surface area (Å²) < 4.78 is 0. The Kier molecular flexibility index (Phi) is 3.25. The fourth-order valence-electron chi connectivity index (χ4n) is 1.86. The number of halogens is 1. The molecule has 2 nitrogen and oxygen atoms in total. The number of hydrogen-bond acceptors (Lipinski definition) is 2. The molecular weight excluding hydrogens is 256 g/mol. The highest BCUT2D eigenvalue weighted by Crippen LogP contribution is 2.18. The Hall–Kier alpha value is -2.19. The molecule has 3 aromatic rings. The van der Waals surface area contributed by atoms with Crippen LogP contribution in [0.3, 0.4) is 0 Å². The van der Waals surface area contributed by atoms with Gasteiger partial charge >= 0.3 is 0 Å². The Labute approximate surface area is 116 Å². The van der Waals surface area contributed by atoms with Gasteiger partial charge < -0.3 is 0 Å². The Morgan fingerprint density at radius 3 is 2.74 bits per heavy atom. The fourth-order valence-corrected chi connectivity index (χ4v) is 2.02. The van der Waals surface area contributed by atoms with E-state index in [0.29, 0.717) is 5.02 Å². The van der Waals surface area contributed by atoms with Crippen LogP contribution in [0.2, 0.25) is 5.02 Å². The molecule has 0 saturated heterocycles. The second-order valence-corrected chi connectivity index (χ2v) is 4.63. The zero-order chi connectivity index (χ0) is 13.1. The number of hydrogen-bond donors (Lipinski definition) is 0. The third-order valence-corrected chi connectivity index (χ3v) is 3.04. The molecule has 1 aromatic carbocycles. The molecule has 0 unspecified atom stereocenters. The number of rotatable bonds is 2. The molecule has 0 bridgehead atoms. The van der Waals surface area contributed by atoms with Gasteiger partial charge in [0.2, 0.25) is 0 Å². The molecule has 0 fully saturated rings. The smallest absolute Gasteiger partial charge is 0.0724 e. The van der Waals surface area contributed by atoms with Gasteiger partial charge in [-0.25, -0.2) is 4.98 Å². The van der Waals surface area contributed by atoms with Gasteiger partial charge in [0, 0.05) is 22.8 Å². The first-order valence-corrected chi connectivity index (χ1v) is 6.33. The summed E-state index contributed by atoms with van der Waals surface area (Å²) in [4.78, 5) is 8.63. The van der Waals surface area contributed by atoms with Gasteiger partial charge in [-0.05, 0) is 35.9 Å². The van der Waals surface area contributed by atoms with Crippen LogP contribution in [-0.2, 0) is 0 Å². The van der Waals surface area contributed by atoms with E-state index in [2.05, 4.69) is 9.97 Å². The molecule has 3 heteroatoms. The highest BCUT2D eigenvalue weighted by molar-refractivity contribution is 6.31. The first kappa shape index (κ1) is 11.9. The van der Waals surface area contributed by atoms with Crippen LogP contribution < -0.4 is 0 Å². The van der Waals surface area contributed by atoms with E-state index >= 15 is 0 Å². The van der Waals surface area contributed by atoms with E-state index in [0.717, 1.165) is 22.2 Å². The Bertz CT molecular complexity index is 736. The largest absolute Gasteiger partial charge is 0.264 e. The zero-order valence-electron chi connectivity index (χ0n) is 10.1. The first-order chi connectivity index (χ1) is 9.31. The maximum atomic E-state index is 5.98. The van der Waals surface area contributed by atoms with Crippen LogP contribution in [0.25, 0.3) is 23.1 Å². The molecule has 2 aromatic heterocycles. The molecule has 92 valence electrons. The van der Waals surface area contributed by atoms with Crippen molar-refractivity contribution >= 4 is 34.7 Å². The molecule has 3 rings (SSSR count). The molecule has 0 saturated carbocycles. The predicted molar refractivity (Wildman–Crippen MR) is 79.9 cm³/mol. The summed E-state index contributed by atoms with van der Waals surface area (Å²) in [6.45, 7) is 0. The van der Waals surface area contributed by atoms with Gasteiger partial charge in [-0.15, -0.1) is 0 Å². The van der Waals surface area contributed by atoms with Crippen molar-refractivity contribution in [3.05, 3.63) is 71.1 Å². The molecular formula is C16H11ClN2. The van der Waals surface area contributed by atoms with Gasteiger partial charge in [-0.1, -0.05) is 35.9 Å². The van der Waals surface area contributed by atoms with Gasteiger partial charge in [-0.3, -0.25) is 4.98 Å². The minimum Gasteiger partial charge on any atom is -0.264 e. The number of benzene rings is 1. The van der Waals surface area contributed by atoms with Crippen LogP contribution in [-0.4, -0.2) is 9.97 Å². The Balaban J connectivity index is 1.95. The Morgan fingerprint density at radius 2 is 1.89 bits per heavy atom. The quantitative estimate of drug-likeness (QED) is 0.685. The average Bonchev–Trinajstić information content (AvgIpc) is 2.46. The number of pyridine rings is 2. The number of nitrogens with zero attached hydrogens (tertiary/aromatic N) is 2. The molecule has 0 spiro atoms. The third-order valence-electron chi connectivity index (χ3n) is 2.81. The molecule has 0 atom stereocenters. The lowest BCUT2D eigenvalue weighted by Gasteiger charge is -1.99. The van der Waals surface area contributed by atoms with E-state index in [1.165, 1.54) is 0 Å². The van der Waals surface area contributed by atoms with E-state index < -0.39 is 0 Å². The third kappa shape index (κ3) is 2.80. The first-order valence-electron chi connectivity index (χ1n) is 5.96. The summed E-state index contributed by atoms with van der Waals surface area (Å²) in [5.41, 5.74) is 2.86. The fraction of sp³-hybridized carbons (Fsp3) is 0. The minimum absolute atomic E-state index is 0.702. The molecule has 0 aliphatic heterocycles. The highest BCUT2D eigenvalue weighted by Gasteiger charge is 1.97. The van der Waals surface area contributed by atoms with E-state index in [-0.39, 0.29) is 0 Å². The summed E-state index contributed by atoms with van der Waals surface area (Å²) in [5.74, 6) is 0. The minimum atomic E-state index is 0.702. The average molecular weight is 267 g/mol. The van der Waals surface area contributed by atoms with Gasteiger partial charge in [0.25, 0.3) is 0 Å². The molecule has 0 radical (unpaired) electrons. The monoisotopic (exact) mass is 266 g/mol. The molecule has 0 aliphatic rings. The lowest BCUT2D eigenvalue weighted by molar-refractivity contribution is 1.32. The topological polar surface area (TPSA) is 25.8 Å². The van der Waals surface area contributed by atoms with Crippen LogP contribution in [0.5, 0.6) is 0 Å². The molecule has 19 heavy (non-hydrogen) atoms. The summed E-state index contributed by atoms with van der Waals surface area (Å²) in [6, 6.07) is 13.7. The van der Waals surface area contributed by atoms with Gasteiger partial charge in [-0.2, -0.15) is 0 Å². The van der Waals surface area contributed by atoms with Crippen molar-refractivity contribution in [2.75, 3.05) is 0 Å². The number of fused-ring (bicyclic) bond motifs is 1. The van der Waals surface area contributed by atoms with Crippen LogP contribution in [0.1, 0.15) is 11.3 Å². The van der Waals surface area contributed by atoms with Crippen molar-refractivity contribution < 1.29 is 0 Å². The van der Waals surface area contributed by atoms with Crippen LogP contribution in [0.4, 0.5) is 0 Å². The van der Waals surface area contributed by atoms with Crippen molar-refractivity contribution in [2.24, 2.45) is 0 Å². The van der Waals surface area contributed by atoms with E-state index in [4.69, 9.17) is 11.6 Å². The lowest BCUT2D eigenvalue weighted by atomic mass is 10.2. The molecule has 0 amide bonds. The van der Waals surface area contributed by atoms with Crippen molar-refractivity contribution in [2.45, 2.75) is 0 Å². The maximum absolute atomic E-state index is 5.98. The van der Waals surface area contributed by atoms with Crippen LogP contribution in [0, 0.1) is 0 Å². The standard InChI is InChI=1S/C16H11ClN2/c17-14-6-4-13-5-8-15(19-16(13)10-14)7-3-12-2-1-9-18-11-12/h1-11H. The van der Waals surface area contributed by atoms with Crippen molar-refractivity contribution in [1.82, 2.24) is 9.97 Å². The molecule has 0 aliphatic carbocycles. The summed E-state index contributed by atoms with van der Waals surface area (Å²) in [6.07, 6.45) is 7.53. The normalized spacial score (nSPS) is 11.2. The van der Waals surface area contributed by atoms with Gasteiger partial charge in [0.15, 0.2) is 0 Å². The lowest BCUT2D eigenvalue weighted by Crippen LogP contribution is -1.83. The maximum Gasteiger partial charge on any atom is 0.0724 e. The predicted octanol–water partition coefficient (Wildman–Crippen LogP) is 4.45. The summed E-state index contributed by atoms with van der Waals surface area (Å²) in [5, 5.41) is 1.79. The van der Waals surface area contributed by atoms with Crippen molar-refractivity contribution in [3.8, 4) is 0 Å². The van der Waals surface area contributed by atoms with Crippen molar-refractivity contribution in [1.29, 1.82) is 0 Å². The number of aromatic nitrogens is 2. The summed E-state index contributed by atoms with van der Waals surface area (Å²) in [7, 11) is 0. The van der Waals surface area contributed by atoms with Crippen LogP contribution in [0.15, 0.2) is 54.9 Å². The van der Waals surface area contributed by atoms with Crippen molar-refractivity contribution in [3.63, 3.8) is 0 Å². The van der Waals surface area contributed by atoms with E-state index in [1.807, 2.05) is 60.8 Å². The summed E-state index contributed by atoms with van der Waals surface area (Å²) >= 11 is 5.98. The highest BCUT2D eigenvalue weighted by atomic mass is 35.5. The Morgan fingerprint density at radius 1 is 1.00 bits per heavy atom. The van der Waals surface area contributed by atoms with Gasteiger partial charge in [0.05, 0.1) is 11.2 Å². The van der Waals surface area contributed by atoms with Gasteiger partial charge in [0.1, 0.15) is 0 Å².